The Bertz CT molecular complexity index is 402. The molecule has 2 rings (SSSR count). The Morgan fingerprint density at radius 1 is 1.11 bits per heavy atom. The van der Waals surface area contributed by atoms with E-state index < -0.39 is 0 Å². The average molecular weight is 250 g/mol. The van der Waals surface area contributed by atoms with E-state index in [1.54, 1.807) is 0 Å². The van der Waals surface area contributed by atoms with Gasteiger partial charge >= 0.3 is 0 Å². The zero-order valence-electron chi connectivity index (χ0n) is 11.6. The van der Waals surface area contributed by atoms with Crippen LogP contribution in [0.4, 0.5) is 17.8 Å². The van der Waals surface area contributed by atoms with E-state index in [-0.39, 0.29) is 0 Å². The maximum Gasteiger partial charge on any atom is 0.231 e. The molecule has 0 bridgehead atoms. The van der Waals surface area contributed by atoms with E-state index in [1.165, 1.54) is 19.3 Å². The zero-order chi connectivity index (χ0) is 13.1. The summed E-state index contributed by atoms with van der Waals surface area (Å²) in [6.45, 7) is 1.03. The molecule has 1 N–H and O–H groups in total. The molecule has 1 aromatic rings. The fourth-order valence-electron chi connectivity index (χ4n) is 1.98. The van der Waals surface area contributed by atoms with Crippen molar-refractivity contribution in [1.82, 2.24) is 15.0 Å². The van der Waals surface area contributed by atoms with Crippen LogP contribution in [-0.2, 0) is 0 Å². The SMILES string of the molecule is CNc1nc(N(C)C)nc(N(C)CC2CCC2)n1. The molecule has 1 heterocycles. The maximum absolute atomic E-state index is 4.48. The summed E-state index contributed by atoms with van der Waals surface area (Å²) < 4.78 is 0. The lowest BCUT2D eigenvalue weighted by Gasteiger charge is -2.30. The number of aromatic nitrogens is 3. The van der Waals surface area contributed by atoms with Gasteiger partial charge in [0.2, 0.25) is 17.8 Å². The van der Waals surface area contributed by atoms with Crippen LogP contribution in [-0.4, -0.2) is 49.7 Å². The minimum atomic E-state index is 0.615. The lowest BCUT2D eigenvalue weighted by Crippen LogP contribution is -2.31. The Morgan fingerprint density at radius 2 is 1.78 bits per heavy atom. The summed E-state index contributed by atoms with van der Waals surface area (Å²) in [4.78, 5) is 17.2. The van der Waals surface area contributed by atoms with Gasteiger partial charge in [-0.3, -0.25) is 0 Å². The zero-order valence-corrected chi connectivity index (χ0v) is 11.6. The van der Waals surface area contributed by atoms with Gasteiger partial charge in [0, 0.05) is 34.7 Å². The summed E-state index contributed by atoms with van der Waals surface area (Å²) in [7, 11) is 7.74. The fraction of sp³-hybridized carbons (Fsp3) is 0.750. The Kier molecular flexibility index (Phi) is 3.84. The maximum atomic E-state index is 4.48. The second kappa shape index (κ2) is 5.37. The third kappa shape index (κ3) is 2.80. The second-order valence-electron chi connectivity index (χ2n) is 5.08. The molecule has 1 aromatic heterocycles. The lowest BCUT2D eigenvalue weighted by molar-refractivity contribution is 0.320. The molecular formula is C12H22N6. The van der Waals surface area contributed by atoms with E-state index >= 15 is 0 Å². The minimum Gasteiger partial charge on any atom is -0.357 e. The summed E-state index contributed by atoms with van der Waals surface area (Å²) >= 11 is 0. The smallest absolute Gasteiger partial charge is 0.231 e. The molecule has 0 unspecified atom stereocenters. The molecule has 6 nitrogen and oxygen atoms in total. The monoisotopic (exact) mass is 250 g/mol. The van der Waals surface area contributed by atoms with Gasteiger partial charge in [0.1, 0.15) is 0 Å². The molecule has 1 aliphatic carbocycles. The highest BCUT2D eigenvalue weighted by atomic mass is 15.3. The molecule has 0 radical (unpaired) electrons. The Morgan fingerprint density at radius 3 is 2.28 bits per heavy atom. The standard InChI is InChI=1S/C12H22N6/c1-13-10-14-11(17(2)3)16-12(15-10)18(4)8-9-6-5-7-9/h9H,5-8H2,1-4H3,(H,13,14,15,16). The Labute approximate surface area is 108 Å². The largest absolute Gasteiger partial charge is 0.357 e. The van der Waals surface area contributed by atoms with Crippen molar-refractivity contribution in [2.45, 2.75) is 19.3 Å². The van der Waals surface area contributed by atoms with Gasteiger partial charge in [0.25, 0.3) is 0 Å². The van der Waals surface area contributed by atoms with Crippen LogP contribution in [0.15, 0.2) is 0 Å². The number of hydrogen-bond acceptors (Lipinski definition) is 6. The van der Waals surface area contributed by atoms with E-state index in [1.807, 2.05) is 33.1 Å². The van der Waals surface area contributed by atoms with E-state index in [0.717, 1.165) is 18.4 Å². The van der Waals surface area contributed by atoms with Crippen LogP contribution in [0.2, 0.25) is 0 Å². The number of rotatable bonds is 5. The topological polar surface area (TPSA) is 57.2 Å². The van der Waals surface area contributed by atoms with Gasteiger partial charge in [-0.15, -0.1) is 0 Å². The highest BCUT2D eigenvalue weighted by Gasteiger charge is 2.21. The van der Waals surface area contributed by atoms with Crippen molar-refractivity contribution < 1.29 is 0 Å². The highest BCUT2D eigenvalue weighted by molar-refractivity contribution is 5.43. The summed E-state index contributed by atoms with van der Waals surface area (Å²) in [5.74, 6) is 2.84. The van der Waals surface area contributed by atoms with Crippen LogP contribution in [0.5, 0.6) is 0 Å². The number of hydrogen-bond donors (Lipinski definition) is 1. The summed E-state index contributed by atoms with van der Waals surface area (Å²) in [6, 6.07) is 0. The van der Waals surface area contributed by atoms with Crippen LogP contribution in [0.1, 0.15) is 19.3 Å². The van der Waals surface area contributed by atoms with Gasteiger partial charge < -0.3 is 15.1 Å². The van der Waals surface area contributed by atoms with Crippen molar-refractivity contribution in [1.29, 1.82) is 0 Å². The molecule has 18 heavy (non-hydrogen) atoms. The molecule has 0 spiro atoms. The lowest BCUT2D eigenvalue weighted by atomic mass is 9.85. The van der Waals surface area contributed by atoms with Gasteiger partial charge in [0.15, 0.2) is 0 Å². The van der Waals surface area contributed by atoms with E-state index in [2.05, 4.69) is 25.2 Å². The molecule has 0 amide bonds. The van der Waals surface area contributed by atoms with Crippen molar-refractivity contribution in [2.24, 2.45) is 5.92 Å². The van der Waals surface area contributed by atoms with E-state index in [9.17, 15) is 0 Å². The van der Waals surface area contributed by atoms with Gasteiger partial charge in [-0.25, -0.2) is 0 Å². The van der Waals surface area contributed by atoms with Crippen molar-refractivity contribution in [3.05, 3.63) is 0 Å². The average Bonchev–Trinajstić information content (AvgIpc) is 2.32. The van der Waals surface area contributed by atoms with Gasteiger partial charge in [-0.1, -0.05) is 6.42 Å². The minimum absolute atomic E-state index is 0.615. The van der Waals surface area contributed by atoms with Crippen LogP contribution in [0, 0.1) is 5.92 Å². The number of nitrogens with one attached hydrogen (secondary N) is 1. The van der Waals surface area contributed by atoms with Crippen LogP contribution < -0.4 is 15.1 Å². The number of nitrogens with zero attached hydrogens (tertiary/aromatic N) is 5. The molecule has 0 aliphatic heterocycles. The predicted octanol–water partition coefficient (Wildman–Crippen LogP) is 1.22. The third-order valence-corrected chi connectivity index (χ3v) is 3.33. The highest BCUT2D eigenvalue weighted by Crippen LogP contribution is 2.27. The van der Waals surface area contributed by atoms with Crippen LogP contribution in [0.3, 0.4) is 0 Å². The van der Waals surface area contributed by atoms with Crippen molar-refractivity contribution >= 4 is 17.8 Å². The molecule has 1 saturated carbocycles. The van der Waals surface area contributed by atoms with Crippen molar-refractivity contribution in [2.75, 3.05) is 49.9 Å². The molecule has 1 aliphatic rings. The quantitative estimate of drug-likeness (QED) is 0.848. The molecule has 100 valence electrons. The van der Waals surface area contributed by atoms with Crippen LogP contribution in [0.25, 0.3) is 0 Å². The van der Waals surface area contributed by atoms with Crippen LogP contribution >= 0.6 is 0 Å². The first-order chi connectivity index (χ1) is 8.60. The van der Waals surface area contributed by atoms with Crippen molar-refractivity contribution in [3.8, 4) is 0 Å². The molecule has 0 aromatic carbocycles. The fourth-order valence-corrected chi connectivity index (χ4v) is 1.98. The van der Waals surface area contributed by atoms with Gasteiger partial charge in [-0.05, 0) is 18.8 Å². The molecular weight excluding hydrogens is 228 g/mol. The van der Waals surface area contributed by atoms with E-state index in [4.69, 9.17) is 0 Å². The second-order valence-corrected chi connectivity index (χ2v) is 5.08. The molecule has 0 saturated heterocycles. The Balaban J connectivity index is 2.16. The first-order valence-electron chi connectivity index (χ1n) is 6.42. The Hall–Kier alpha value is -1.59. The summed E-state index contributed by atoms with van der Waals surface area (Å²) in [5, 5.41) is 2.98. The van der Waals surface area contributed by atoms with Gasteiger partial charge in [-0.2, -0.15) is 15.0 Å². The first-order valence-corrected chi connectivity index (χ1v) is 6.42. The van der Waals surface area contributed by atoms with E-state index in [0.29, 0.717) is 11.9 Å². The third-order valence-electron chi connectivity index (χ3n) is 3.33. The first kappa shape index (κ1) is 12.9. The molecule has 0 atom stereocenters. The van der Waals surface area contributed by atoms with Gasteiger partial charge in [0.05, 0.1) is 0 Å². The summed E-state index contributed by atoms with van der Waals surface area (Å²) in [6.07, 6.45) is 4.02. The normalized spacial score (nSPS) is 15.1. The molecule has 6 heteroatoms. The number of anilines is 3. The summed E-state index contributed by atoms with van der Waals surface area (Å²) in [5.41, 5.74) is 0. The van der Waals surface area contributed by atoms with Crippen molar-refractivity contribution in [3.63, 3.8) is 0 Å². The molecule has 1 fully saturated rings. The predicted molar refractivity (Wildman–Crippen MR) is 74.3 cm³/mol.